The van der Waals surface area contributed by atoms with Gasteiger partial charge in [0, 0.05) is 30.2 Å². The molecule has 31 heavy (non-hydrogen) atoms. The Kier molecular flexibility index (Phi) is 8.17. The van der Waals surface area contributed by atoms with Gasteiger partial charge in [-0.2, -0.15) is 8.78 Å². The molecule has 0 spiro atoms. The van der Waals surface area contributed by atoms with Crippen LogP contribution in [0.3, 0.4) is 0 Å². The number of carbonyl (C=O) groups excluding carboxylic acids is 1. The molecule has 0 saturated carbocycles. The fourth-order valence-electron chi connectivity index (χ4n) is 3.62. The summed E-state index contributed by atoms with van der Waals surface area (Å²) < 4.78 is 49.0. The van der Waals surface area contributed by atoms with E-state index < -0.39 is 18.5 Å². The first-order valence-corrected chi connectivity index (χ1v) is 10.3. The lowest BCUT2D eigenvalue weighted by atomic mass is 10.0. The van der Waals surface area contributed by atoms with Crippen LogP contribution in [-0.4, -0.2) is 49.8 Å². The first-order valence-electron chi connectivity index (χ1n) is 9.93. The molecule has 2 aromatic carbocycles. The van der Waals surface area contributed by atoms with E-state index in [4.69, 9.17) is 16.3 Å². The molecule has 1 fully saturated rings. The summed E-state index contributed by atoms with van der Waals surface area (Å²) in [6, 6.07) is 9.92. The maximum atomic E-state index is 14.6. The molecule has 3 rings (SSSR count). The van der Waals surface area contributed by atoms with Crippen LogP contribution in [0.5, 0.6) is 5.75 Å². The maximum Gasteiger partial charge on any atom is 0.387 e. The number of rotatable bonds is 8. The van der Waals surface area contributed by atoms with Gasteiger partial charge in [0.25, 0.3) is 0 Å². The third-order valence-corrected chi connectivity index (χ3v) is 5.38. The molecule has 168 valence electrons. The fourth-order valence-corrected chi connectivity index (χ4v) is 3.91. The number of morpholine rings is 1. The van der Waals surface area contributed by atoms with E-state index in [0.717, 1.165) is 0 Å². The first-order chi connectivity index (χ1) is 14.8. The van der Waals surface area contributed by atoms with Gasteiger partial charge in [-0.3, -0.25) is 9.69 Å². The molecule has 9 heteroatoms. The van der Waals surface area contributed by atoms with E-state index >= 15 is 0 Å². The van der Waals surface area contributed by atoms with Crippen LogP contribution in [0.4, 0.5) is 13.2 Å². The largest absolute Gasteiger partial charge is 0.435 e. The minimum Gasteiger partial charge on any atom is -0.435 e. The van der Waals surface area contributed by atoms with Gasteiger partial charge < -0.3 is 14.8 Å². The minimum absolute atomic E-state index is 0.0218. The third-order valence-electron chi connectivity index (χ3n) is 5.05. The zero-order valence-electron chi connectivity index (χ0n) is 17.0. The minimum atomic E-state index is -2.90. The molecular weight excluding hydrogens is 433 g/mol. The number of hydrogen-bond donors (Lipinski definition) is 1. The van der Waals surface area contributed by atoms with Crippen molar-refractivity contribution in [3.8, 4) is 5.75 Å². The van der Waals surface area contributed by atoms with E-state index in [2.05, 4.69) is 15.0 Å². The Morgan fingerprint density at radius 1 is 1.29 bits per heavy atom. The standard InChI is InChI=1S/C22H24ClF3N2O3/c1-14-13-28(9-10-30-14)19(21-17(23)3-2-4-18(21)24)12-27-20(29)11-15-5-7-16(8-6-15)31-22(25)26/h2-8,14,19,22H,9-13H2,1H3,(H,27,29). The Hall–Kier alpha value is -2.29. The van der Waals surface area contributed by atoms with Crippen LogP contribution in [0.1, 0.15) is 24.1 Å². The maximum absolute atomic E-state index is 14.6. The summed E-state index contributed by atoms with van der Waals surface area (Å²) in [6.45, 7) is 0.868. The smallest absolute Gasteiger partial charge is 0.387 e. The second kappa shape index (κ2) is 10.8. The van der Waals surface area contributed by atoms with Crippen molar-refractivity contribution in [2.75, 3.05) is 26.2 Å². The van der Waals surface area contributed by atoms with Crippen molar-refractivity contribution in [2.24, 2.45) is 0 Å². The molecule has 5 nitrogen and oxygen atoms in total. The lowest BCUT2D eigenvalue weighted by Crippen LogP contribution is -2.47. The SMILES string of the molecule is CC1CN(C(CNC(=O)Cc2ccc(OC(F)F)cc2)c2c(F)cccc2Cl)CCO1. The molecule has 0 bridgehead atoms. The zero-order chi connectivity index (χ0) is 22.4. The van der Waals surface area contributed by atoms with Crippen molar-refractivity contribution < 1.29 is 27.4 Å². The highest BCUT2D eigenvalue weighted by Gasteiger charge is 2.29. The number of hydrogen-bond acceptors (Lipinski definition) is 4. The molecule has 1 amide bonds. The normalized spacial score (nSPS) is 18.1. The molecule has 2 unspecified atom stereocenters. The van der Waals surface area contributed by atoms with Crippen LogP contribution in [0.25, 0.3) is 0 Å². The van der Waals surface area contributed by atoms with Gasteiger partial charge in [0.1, 0.15) is 11.6 Å². The summed E-state index contributed by atoms with van der Waals surface area (Å²) in [4.78, 5) is 14.5. The number of amides is 1. The van der Waals surface area contributed by atoms with Crippen LogP contribution in [0.15, 0.2) is 42.5 Å². The molecular formula is C22H24ClF3N2O3. The Balaban J connectivity index is 1.67. The fraction of sp³-hybridized carbons (Fsp3) is 0.409. The van der Waals surface area contributed by atoms with Crippen molar-refractivity contribution in [3.63, 3.8) is 0 Å². The monoisotopic (exact) mass is 456 g/mol. The lowest BCUT2D eigenvalue weighted by Gasteiger charge is -2.38. The van der Waals surface area contributed by atoms with Crippen molar-refractivity contribution >= 4 is 17.5 Å². The molecule has 1 N–H and O–H groups in total. The topological polar surface area (TPSA) is 50.8 Å². The summed E-state index contributed by atoms with van der Waals surface area (Å²) in [5.74, 6) is -0.684. The second-order valence-electron chi connectivity index (χ2n) is 7.33. The van der Waals surface area contributed by atoms with Crippen LogP contribution < -0.4 is 10.1 Å². The van der Waals surface area contributed by atoms with Crippen LogP contribution in [-0.2, 0) is 16.0 Å². The van der Waals surface area contributed by atoms with Crippen molar-refractivity contribution in [2.45, 2.75) is 32.1 Å². The predicted molar refractivity (Wildman–Crippen MR) is 111 cm³/mol. The van der Waals surface area contributed by atoms with Gasteiger partial charge in [0.2, 0.25) is 5.91 Å². The average molecular weight is 457 g/mol. The number of nitrogens with zero attached hydrogens (tertiary/aromatic N) is 1. The van der Waals surface area contributed by atoms with E-state index in [-0.39, 0.29) is 30.7 Å². The molecule has 1 aliphatic heterocycles. The van der Waals surface area contributed by atoms with Crippen LogP contribution >= 0.6 is 11.6 Å². The van der Waals surface area contributed by atoms with Gasteiger partial charge in [-0.05, 0) is 36.8 Å². The van der Waals surface area contributed by atoms with E-state index in [9.17, 15) is 18.0 Å². The molecule has 0 aromatic heterocycles. The van der Waals surface area contributed by atoms with Gasteiger partial charge in [-0.1, -0.05) is 29.8 Å². The quantitative estimate of drug-likeness (QED) is 0.647. The predicted octanol–water partition coefficient (Wildman–Crippen LogP) is 4.20. The molecule has 1 aliphatic rings. The van der Waals surface area contributed by atoms with Crippen molar-refractivity contribution in [1.82, 2.24) is 10.2 Å². The molecule has 1 heterocycles. The van der Waals surface area contributed by atoms with Gasteiger partial charge in [0.15, 0.2) is 0 Å². The van der Waals surface area contributed by atoms with Crippen molar-refractivity contribution in [3.05, 3.63) is 64.4 Å². The molecule has 0 radical (unpaired) electrons. The molecule has 2 atom stereocenters. The Labute approximate surface area is 184 Å². The van der Waals surface area contributed by atoms with Gasteiger partial charge in [0.05, 0.1) is 25.2 Å². The van der Waals surface area contributed by atoms with E-state index in [1.54, 1.807) is 24.3 Å². The third kappa shape index (κ3) is 6.59. The van der Waals surface area contributed by atoms with Crippen LogP contribution in [0, 0.1) is 5.82 Å². The Morgan fingerprint density at radius 2 is 2.03 bits per heavy atom. The van der Waals surface area contributed by atoms with Gasteiger partial charge in [-0.25, -0.2) is 4.39 Å². The Morgan fingerprint density at radius 3 is 2.68 bits per heavy atom. The number of alkyl halides is 2. The summed E-state index contributed by atoms with van der Waals surface area (Å²) in [5.41, 5.74) is 0.978. The highest BCUT2D eigenvalue weighted by atomic mass is 35.5. The molecule has 0 aliphatic carbocycles. The first kappa shape index (κ1) is 23.4. The van der Waals surface area contributed by atoms with E-state index in [0.29, 0.717) is 35.8 Å². The average Bonchev–Trinajstić information content (AvgIpc) is 2.71. The summed E-state index contributed by atoms with van der Waals surface area (Å²) in [7, 11) is 0. The summed E-state index contributed by atoms with van der Waals surface area (Å²) >= 11 is 6.30. The van der Waals surface area contributed by atoms with Gasteiger partial charge in [-0.15, -0.1) is 0 Å². The van der Waals surface area contributed by atoms with Gasteiger partial charge >= 0.3 is 6.61 Å². The number of carbonyl (C=O) groups is 1. The highest BCUT2D eigenvalue weighted by molar-refractivity contribution is 6.31. The number of nitrogens with one attached hydrogen (secondary N) is 1. The van der Waals surface area contributed by atoms with E-state index in [1.807, 2.05) is 6.92 Å². The number of halogens is 4. The van der Waals surface area contributed by atoms with E-state index in [1.165, 1.54) is 18.2 Å². The number of benzene rings is 2. The number of ether oxygens (including phenoxy) is 2. The molecule has 1 saturated heterocycles. The summed E-state index contributed by atoms with van der Waals surface area (Å²) in [5, 5.41) is 3.14. The van der Waals surface area contributed by atoms with Crippen LogP contribution in [0.2, 0.25) is 5.02 Å². The second-order valence-corrected chi connectivity index (χ2v) is 7.74. The molecule has 2 aromatic rings. The Bertz CT molecular complexity index is 863. The zero-order valence-corrected chi connectivity index (χ0v) is 17.7. The van der Waals surface area contributed by atoms with Crippen molar-refractivity contribution in [1.29, 1.82) is 0 Å². The summed E-state index contributed by atoms with van der Waals surface area (Å²) in [6.07, 6.45) is 0.0260. The lowest BCUT2D eigenvalue weighted by molar-refractivity contribution is -0.120. The highest BCUT2D eigenvalue weighted by Crippen LogP contribution is 2.31.